The Labute approximate surface area is 218 Å². The summed E-state index contributed by atoms with van der Waals surface area (Å²) in [6, 6.07) is 10.8. The van der Waals surface area contributed by atoms with Crippen LogP contribution < -0.4 is 74.1 Å². The quantitative estimate of drug-likeness (QED) is 0.452. The number of rotatable bonds is 5. The molecule has 6 nitrogen and oxygen atoms in total. The average molecular weight is 422 g/mol. The number of benzene rings is 2. The number of methoxy groups -OCH3 is 2. The van der Waals surface area contributed by atoms with Gasteiger partial charge in [-0.3, -0.25) is 4.79 Å². The van der Waals surface area contributed by atoms with Gasteiger partial charge in [-0.1, -0.05) is 48.2 Å². The summed E-state index contributed by atoms with van der Waals surface area (Å²) in [5.41, 5.74) is 1.95. The Hall–Kier alpha value is -1.80. The molecule has 2 aromatic carbocycles. The predicted molar refractivity (Wildman–Crippen MR) is 98.5 cm³/mol. The zero-order valence-electron chi connectivity index (χ0n) is 17.2. The van der Waals surface area contributed by atoms with Crippen LogP contribution in [-0.4, -0.2) is 26.0 Å². The standard InChI is InChI=1S/C22H18O6.2Na/c1-27-19-11-13(7-9-17(19)23)21(14-8-10-18(24)20(12-14)28-2)15-5-3-4-6-16(15)22(25)26;;/h3-12,23H,1-2H3,(H,25,26);;/q;2*+1/p-2/b21-14-;;. The fraction of sp³-hybridized carbons (Fsp3) is 0.0909. The van der Waals surface area contributed by atoms with Crippen molar-refractivity contribution in [3.05, 3.63) is 88.7 Å². The van der Waals surface area contributed by atoms with Crippen LogP contribution in [0.2, 0.25) is 0 Å². The Morgan fingerprint density at radius 2 is 1.60 bits per heavy atom. The molecule has 2 aromatic rings. The first-order valence-corrected chi connectivity index (χ1v) is 8.34. The van der Waals surface area contributed by atoms with Crippen LogP contribution in [0.4, 0.5) is 0 Å². The number of hydrogen-bond acceptors (Lipinski definition) is 6. The molecule has 0 aliphatic heterocycles. The minimum atomic E-state index is -1.34. The Morgan fingerprint density at radius 1 is 0.933 bits per heavy atom. The molecule has 1 aliphatic carbocycles. The summed E-state index contributed by atoms with van der Waals surface area (Å²) in [5, 5.41) is 23.6. The number of hydrogen-bond donors (Lipinski definition) is 0. The molecule has 0 heterocycles. The summed E-state index contributed by atoms with van der Waals surface area (Å²) >= 11 is 0. The summed E-state index contributed by atoms with van der Waals surface area (Å²) in [6.07, 6.45) is 4.44. The minimum Gasteiger partial charge on any atom is -0.870 e. The number of allylic oxidation sites excluding steroid dienone is 4. The van der Waals surface area contributed by atoms with Crippen molar-refractivity contribution in [1.29, 1.82) is 0 Å². The zero-order chi connectivity index (χ0) is 20.3. The van der Waals surface area contributed by atoms with E-state index < -0.39 is 5.97 Å². The molecule has 3 rings (SSSR count). The second-order valence-electron chi connectivity index (χ2n) is 5.94. The largest absolute Gasteiger partial charge is 1.00 e. The van der Waals surface area contributed by atoms with Gasteiger partial charge in [-0.2, -0.15) is 0 Å². The molecule has 142 valence electrons. The molecule has 30 heavy (non-hydrogen) atoms. The van der Waals surface area contributed by atoms with Crippen molar-refractivity contribution in [2.24, 2.45) is 0 Å². The molecular weight excluding hydrogens is 406 g/mol. The Kier molecular flexibility index (Phi) is 10.1. The van der Waals surface area contributed by atoms with Gasteiger partial charge in [0.25, 0.3) is 0 Å². The number of carboxylic acid groups (broad SMARTS) is 1. The molecule has 0 saturated carbocycles. The third kappa shape index (κ3) is 5.46. The van der Waals surface area contributed by atoms with Crippen molar-refractivity contribution >= 4 is 17.3 Å². The van der Waals surface area contributed by atoms with E-state index in [2.05, 4.69) is 0 Å². The molecule has 0 saturated heterocycles. The van der Waals surface area contributed by atoms with Crippen molar-refractivity contribution in [3.8, 4) is 11.5 Å². The zero-order valence-corrected chi connectivity index (χ0v) is 21.2. The number of ether oxygens (including phenoxy) is 2. The van der Waals surface area contributed by atoms with Crippen LogP contribution in [0.3, 0.4) is 0 Å². The van der Waals surface area contributed by atoms with Crippen LogP contribution in [0.15, 0.2) is 72.0 Å². The maximum atomic E-state index is 11.9. The van der Waals surface area contributed by atoms with Gasteiger partial charge >= 0.3 is 59.1 Å². The summed E-state index contributed by atoms with van der Waals surface area (Å²) in [5.74, 6) is -1.70. The smallest absolute Gasteiger partial charge is 0.870 e. The van der Waals surface area contributed by atoms with Gasteiger partial charge in [0.05, 0.1) is 20.2 Å². The minimum absolute atomic E-state index is 0. The Morgan fingerprint density at radius 3 is 2.20 bits per heavy atom. The third-order valence-electron chi connectivity index (χ3n) is 4.32. The van der Waals surface area contributed by atoms with E-state index in [9.17, 15) is 19.8 Å². The van der Waals surface area contributed by atoms with Crippen LogP contribution >= 0.6 is 0 Å². The molecule has 8 heteroatoms. The third-order valence-corrected chi connectivity index (χ3v) is 4.32. The normalized spacial score (nSPS) is 14.1. The first kappa shape index (κ1) is 26.2. The van der Waals surface area contributed by atoms with Crippen LogP contribution in [0.5, 0.6) is 11.5 Å². The van der Waals surface area contributed by atoms with Crippen LogP contribution in [0, 0.1) is 0 Å². The van der Waals surface area contributed by atoms with Gasteiger partial charge in [0.1, 0.15) is 5.75 Å². The molecule has 0 radical (unpaired) electrons. The molecule has 0 fully saturated rings. The molecule has 0 amide bonds. The molecular formula is C22H16Na2O6. The van der Waals surface area contributed by atoms with E-state index >= 15 is 0 Å². The van der Waals surface area contributed by atoms with Crippen LogP contribution in [-0.2, 0) is 9.53 Å². The molecule has 0 atom stereocenters. The van der Waals surface area contributed by atoms with Gasteiger partial charge in [0, 0.05) is 5.56 Å². The number of ketones is 1. The van der Waals surface area contributed by atoms with E-state index in [1.54, 1.807) is 30.3 Å². The molecule has 0 bridgehead atoms. The van der Waals surface area contributed by atoms with E-state index in [4.69, 9.17) is 9.47 Å². The predicted octanol–water partition coefficient (Wildman–Crippen LogP) is -4.39. The van der Waals surface area contributed by atoms with Gasteiger partial charge in [-0.25, -0.2) is 0 Å². The van der Waals surface area contributed by atoms with Gasteiger partial charge < -0.3 is 24.5 Å². The molecule has 0 unspecified atom stereocenters. The summed E-state index contributed by atoms with van der Waals surface area (Å²) < 4.78 is 10.2. The maximum absolute atomic E-state index is 11.9. The SMILES string of the molecule is COC1=C/C(=C(/c2ccc([O-])c(OC)c2)c2ccccc2C(=O)[O-])C=CC1=O.[Na+].[Na+]. The Bertz CT molecular complexity index is 1050. The first-order chi connectivity index (χ1) is 13.5. The Balaban J connectivity index is 0.00000225. The summed E-state index contributed by atoms with van der Waals surface area (Å²) in [7, 11) is 2.76. The summed E-state index contributed by atoms with van der Waals surface area (Å²) in [6.45, 7) is 0. The number of carbonyl (C=O) groups excluding carboxylic acids is 2. The van der Waals surface area contributed by atoms with Gasteiger partial charge in [-0.15, -0.1) is 0 Å². The van der Waals surface area contributed by atoms with E-state index in [0.717, 1.165) is 0 Å². The van der Waals surface area contributed by atoms with Crippen LogP contribution in [0.1, 0.15) is 21.5 Å². The van der Waals surface area contributed by atoms with E-state index in [-0.39, 0.29) is 87.7 Å². The van der Waals surface area contributed by atoms with E-state index in [1.807, 2.05) is 0 Å². The van der Waals surface area contributed by atoms with Crippen molar-refractivity contribution in [2.75, 3.05) is 14.2 Å². The number of carboxylic acids is 1. The number of carbonyl (C=O) groups is 2. The fourth-order valence-electron chi connectivity index (χ4n) is 3.00. The molecule has 0 spiro atoms. The fourth-order valence-corrected chi connectivity index (χ4v) is 3.00. The van der Waals surface area contributed by atoms with Gasteiger partial charge in [0.15, 0.2) is 5.76 Å². The maximum Gasteiger partial charge on any atom is 1.00 e. The first-order valence-electron chi connectivity index (χ1n) is 8.34. The monoisotopic (exact) mass is 422 g/mol. The van der Waals surface area contributed by atoms with E-state index in [0.29, 0.717) is 22.3 Å². The van der Waals surface area contributed by atoms with Crippen molar-refractivity contribution in [2.45, 2.75) is 0 Å². The van der Waals surface area contributed by atoms with E-state index in [1.165, 1.54) is 44.6 Å². The van der Waals surface area contributed by atoms with Crippen molar-refractivity contribution in [3.63, 3.8) is 0 Å². The topological polar surface area (TPSA) is 98.7 Å². The average Bonchev–Trinajstić information content (AvgIpc) is 2.70. The second kappa shape index (κ2) is 11.6. The molecule has 0 aromatic heterocycles. The molecule has 1 aliphatic rings. The van der Waals surface area contributed by atoms with Crippen molar-refractivity contribution in [1.82, 2.24) is 0 Å². The molecule has 0 N–H and O–H groups in total. The van der Waals surface area contributed by atoms with Crippen LogP contribution in [0.25, 0.3) is 5.57 Å². The van der Waals surface area contributed by atoms with Gasteiger partial charge in [0.2, 0.25) is 5.78 Å². The van der Waals surface area contributed by atoms with Crippen molar-refractivity contribution < 1.29 is 88.4 Å². The second-order valence-corrected chi connectivity index (χ2v) is 5.94. The summed E-state index contributed by atoms with van der Waals surface area (Å²) in [4.78, 5) is 23.6. The number of aromatic carboxylic acids is 1. The van der Waals surface area contributed by atoms with Gasteiger partial charge in [-0.05, 0) is 40.5 Å².